The summed E-state index contributed by atoms with van der Waals surface area (Å²) in [6.07, 6.45) is 0. The molecule has 0 amide bonds. The Balaban J connectivity index is 2.01. The predicted octanol–water partition coefficient (Wildman–Crippen LogP) is 4.22. The van der Waals surface area contributed by atoms with Crippen LogP contribution in [0.25, 0.3) is 11.0 Å². The molecule has 2 aromatic carbocycles. The van der Waals surface area contributed by atoms with Gasteiger partial charge in [0.25, 0.3) is 0 Å². The molecule has 160 valence electrons. The largest absolute Gasteiger partial charge is 0.352 e. The van der Waals surface area contributed by atoms with Gasteiger partial charge in [-0.05, 0) is 45.3 Å². The first kappa shape index (κ1) is 21.9. The number of anilines is 2. The lowest BCUT2D eigenvalue weighted by Gasteiger charge is -2.19. The van der Waals surface area contributed by atoms with Crippen molar-refractivity contribution in [2.75, 3.05) is 31.0 Å². The highest BCUT2D eigenvalue weighted by Crippen LogP contribution is 2.28. The summed E-state index contributed by atoms with van der Waals surface area (Å²) in [6.45, 7) is 2.55. The Hall–Kier alpha value is -2.82. The molecule has 0 fully saturated rings. The van der Waals surface area contributed by atoms with Gasteiger partial charge in [0.05, 0.1) is 16.2 Å². The molecule has 1 atom stereocenters. The molecule has 7 nitrogen and oxygen atoms in total. The Bertz CT molecular complexity index is 1100. The monoisotopic (exact) mass is 440 g/mol. The number of halogens is 4. The minimum atomic E-state index is -1.23. The van der Waals surface area contributed by atoms with Crippen LogP contribution in [0.3, 0.4) is 0 Å². The maximum Gasteiger partial charge on any atom is 0.201 e. The average molecular weight is 441 g/mol. The van der Waals surface area contributed by atoms with E-state index < -0.39 is 23.3 Å². The van der Waals surface area contributed by atoms with E-state index in [-0.39, 0.29) is 39.3 Å². The number of aromatic nitrogens is 2. The Morgan fingerprint density at radius 2 is 1.97 bits per heavy atom. The number of nitrogens with one attached hydrogen (secondary N) is 3. The number of likely N-dealkylation sites (N-methyl/N-ethyl adjacent to an activating group) is 1. The number of amidine groups is 1. The summed E-state index contributed by atoms with van der Waals surface area (Å²) >= 11 is 5.72. The number of aromatic amines is 1. The first-order valence-electron chi connectivity index (χ1n) is 8.90. The summed E-state index contributed by atoms with van der Waals surface area (Å²) in [6, 6.07) is 4.02. The number of benzene rings is 2. The van der Waals surface area contributed by atoms with Crippen molar-refractivity contribution in [2.24, 2.45) is 0 Å². The maximum atomic E-state index is 14.3. The molecule has 0 bridgehead atoms. The zero-order chi connectivity index (χ0) is 22.2. The Kier molecular flexibility index (Phi) is 6.20. The van der Waals surface area contributed by atoms with Crippen LogP contribution < -0.4 is 10.4 Å². The van der Waals surface area contributed by atoms with Crippen LogP contribution in [0.2, 0.25) is 5.02 Å². The molecule has 0 saturated carbocycles. The molecule has 3 aromatic rings. The van der Waals surface area contributed by atoms with E-state index in [9.17, 15) is 18.4 Å². The molecule has 3 rings (SSSR count). The first-order chi connectivity index (χ1) is 14.1. The van der Waals surface area contributed by atoms with Crippen molar-refractivity contribution in [3.05, 3.63) is 52.3 Å². The smallest absolute Gasteiger partial charge is 0.201 e. The average Bonchev–Trinajstić information content (AvgIpc) is 3.08. The lowest BCUT2D eigenvalue weighted by molar-refractivity contribution is 0.312. The molecule has 30 heavy (non-hydrogen) atoms. The van der Waals surface area contributed by atoms with Crippen molar-refractivity contribution in [3.63, 3.8) is 0 Å². The van der Waals surface area contributed by atoms with Gasteiger partial charge < -0.3 is 15.2 Å². The second-order valence-electron chi connectivity index (χ2n) is 7.10. The number of imidazole rings is 1. The summed E-state index contributed by atoms with van der Waals surface area (Å²) in [5, 5.41) is 21.8. The van der Waals surface area contributed by atoms with E-state index in [1.807, 2.05) is 25.9 Å². The van der Waals surface area contributed by atoms with Crippen LogP contribution in [0.5, 0.6) is 0 Å². The van der Waals surface area contributed by atoms with Crippen LogP contribution in [0, 0.1) is 22.9 Å². The van der Waals surface area contributed by atoms with Gasteiger partial charge in [0.15, 0.2) is 17.5 Å². The van der Waals surface area contributed by atoms with Gasteiger partial charge in [-0.2, -0.15) is 0 Å². The topological polar surface area (TPSA) is 91.3 Å². The summed E-state index contributed by atoms with van der Waals surface area (Å²) in [7, 11) is 3.78. The fraction of sp³-hybridized carbons (Fsp3) is 0.263. The van der Waals surface area contributed by atoms with Crippen LogP contribution in [0.4, 0.5) is 24.8 Å². The highest BCUT2D eigenvalue weighted by molar-refractivity contribution is 6.31. The maximum absolute atomic E-state index is 14.3. The molecule has 0 radical (unpaired) electrons. The van der Waals surface area contributed by atoms with Crippen molar-refractivity contribution < 1.29 is 18.4 Å². The molecule has 11 heteroatoms. The number of hydrogen-bond donors (Lipinski definition) is 4. The third-order valence-corrected chi connectivity index (χ3v) is 4.59. The predicted molar refractivity (Wildman–Crippen MR) is 110 cm³/mol. The van der Waals surface area contributed by atoms with Crippen LogP contribution in [0.15, 0.2) is 24.3 Å². The number of rotatable bonds is 6. The summed E-state index contributed by atoms with van der Waals surface area (Å²) in [5.74, 6) is -3.51. The molecule has 0 aliphatic carbocycles. The van der Waals surface area contributed by atoms with E-state index in [1.165, 1.54) is 6.07 Å². The van der Waals surface area contributed by atoms with E-state index in [4.69, 9.17) is 17.0 Å². The fourth-order valence-corrected chi connectivity index (χ4v) is 3.22. The van der Waals surface area contributed by atoms with E-state index in [0.717, 1.165) is 18.2 Å². The first-order valence-corrected chi connectivity index (χ1v) is 9.28. The van der Waals surface area contributed by atoms with Crippen molar-refractivity contribution in [1.82, 2.24) is 14.9 Å². The third-order valence-electron chi connectivity index (χ3n) is 4.30. The molecule has 0 spiro atoms. The standard InChI is InChI=1S/C19H20ClF3N6O/c1-9(8-28(2)3)25-19-26-16-11(7-14(22)15(23)17(16)27-19)18(24)29(30)10-4-5-13(21)12(20)6-10/h4-7,9,24,30H,8H2,1-3H3,(H2,25,26,27). The van der Waals surface area contributed by atoms with Gasteiger partial charge in [-0.15, -0.1) is 0 Å². The van der Waals surface area contributed by atoms with Gasteiger partial charge in [-0.25, -0.2) is 23.2 Å². The van der Waals surface area contributed by atoms with Crippen molar-refractivity contribution in [3.8, 4) is 0 Å². The summed E-state index contributed by atoms with van der Waals surface area (Å²) in [5.41, 5.74) is -0.472. The molecule has 0 saturated heterocycles. The number of hydroxylamine groups is 1. The Morgan fingerprint density at radius 3 is 2.60 bits per heavy atom. The minimum absolute atomic E-state index is 0.0192. The van der Waals surface area contributed by atoms with Gasteiger partial charge in [0, 0.05) is 18.2 Å². The molecule has 1 aromatic heterocycles. The number of H-pyrrole nitrogens is 1. The number of nitrogens with zero attached hydrogens (tertiary/aromatic N) is 3. The van der Waals surface area contributed by atoms with E-state index in [0.29, 0.717) is 11.6 Å². The summed E-state index contributed by atoms with van der Waals surface area (Å²) in [4.78, 5) is 8.83. The highest BCUT2D eigenvalue weighted by Gasteiger charge is 2.23. The molecule has 0 aliphatic rings. The second kappa shape index (κ2) is 8.50. The molecule has 4 N–H and O–H groups in total. The number of hydrogen-bond acceptors (Lipinski definition) is 5. The van der Waals surface area contributed by atoms with Crippen LogP contribution in [-0.2, 0) is 0 Å². The van der Waals surface area contributed by atoms with Crippen LogP contribution in [-0.4, -0.2) is 52.6 Å². The minimum Gasteiger partial charge on any atom is -0.352 e. The zero-order valence-electron chi connectivity index (χ0n) is 16.4. The van der Waals surface area contributed by atoms with Crippen molar-refractivity contribution in [2.45, 2.75) is 13.0 Å². The number of fused-ring (bicyclic) bond motifs is 1. The molecular formula is C19H20ClF3N6O. The zero-order valence-corrected chi connectivity index (χ0v) is 17.2. The van der Waals surface area contributed by atoms with Gasteiger partial charge in [-0.3, -0.25) is 10.6 Å². The van der Waals surface area contributed by atoms with Crippen LogP contribution in [0.1, 0.15) is 12.5 Å². The molecule has 0 aliphatic heterocycles. The van der Waals surface area contributed by atoms with Crippen molar-refractivity contribution in [1.29, 1.82) is 5.41 Å². The fourth-order valence-electron chi connectivity index (χ4n) is 3.04. The normalized spacial score (nSPS) is 12.4. The molecule has 1 heterocycles. The Morgan fingerprint density at radius 1 is 1.27 bits per heavy atom. The molecule has 1 unspecified atom stereocenters. The highest BCUT2D eigenvalue weighted by atomic mass is 35.5. The van der Waals surface area contributed by atoms with Gasteiger partial charge in [-0.1, -0.05) is 11.6 Å². The SMILES string of the molecule is CC(CN(C)C)Nc1nc2c(F)c(F)cc(C(=N)N(O)c3ccc(F)c(Cl)c3)c2[nH]1. The van der Waals surface area contributed by atoms with Gasteiger partial charge >= 0.3 is 0 Å². The Labute approximate surface area is 175 Å². The third kappa shape index (κ3) is 4.35. The lowest BCUT2D eigenvalue weighted by Crippen LogP contribution is -2.30. The van der Waals surface area contributed by atoms with E-state index >= 15 is 0 Å². The van der Waals surface area contributed by atoms with E-state index in [1.54, 1.807) is 0 Å². The second-order valence-corrected chi connectivity index (χ2v) is 7.50. The summed E-state index contributed by atoms with van der Waals surface area (Å²) < 4.78 is 41.9. The molecular weight excluding hydrogens is 421 g/mol. The lowest BCUT2D eigenvalue weighted by atomic mass is 10.1. The van der Waals surface area contributed by atoms with Crippen LogP contribution >= 0.6 is 11.6 Å². The van der Waals surface area contributed by atoms with Gasteiger partial charge in [0.1, 0.15) is 11.3 Å². The van der Waals surface area contributed by atoms with Crippen molar-refractivity contribution >= 4 is 40.1 Å². The van der Waals surface area contributed by atoms with E-state index in [2.05, 4.69) is 15.3 Å². The van der Waals surface area contributed by atoms with Gasteiger partial charge in [0.2, 0.25) is 5.95 Å². The quantitative estimate of drug-likeness (QED) is 0.262.